The van der Waals surface area contributed by atoms with Gasteiger partial charge in [0.15, 0.2) is 0 Å². The normalized spacial score (nSPS) is 13.1. The van der Waals surface area contributed by atoms with E-state index in [1.165, 1.54) is 12.8 Å². The van der Waals surface area contributed by atoms with Gasteiger partial charge in [-0.2, -0.15) is 0 Å². The Hall–Kier alpha value is -0.610. The van der Waals surface area contributed by atoms with E-state index in [2.05, 4.69) is 6.92 Å². The minimum atomic E-state index is -0.945. The summed E-state index contributed by atoms with van der Waals surface area (Å²) in [5, 5.41) is 17.8. The molecule has 0 aromatic carbocycles. The first-order valence-electron chi connectivity index (χ1n) is 5.14. The fourth-order valence-corrected chi connectivity index (χ4v) is 1.35. The summed E-state index contributed by atoms with van der Waals surface area (Å²) in [6, 6.07) is 0. The molecule has 0 aliphatic carbocycles. The van der Waals surface area contributed by atoms with Crippen LogP contribution in [0, 0.1) is 0 Å². The molecular weight excluding hydrogens is 182 g/mol. The van der Waals surface area contributed by atoms with Gasteiger partial charge in [0.2, 0.25) is 0 Å². The molecule has 4 nitrogen and oxygen atoms in total. The molecule has 2 N–H and O–H groups in total. The Morgan fingerprint density at radius 2 is 2.07 bits per heavy atom. The van der Waals surface area contributed by atoms with Crippen molar-refractivity contribution in [1.82, 2.24) is 4.90 Å². The van der Waals surface area contributed by atoms with Gasteiger partial charge in [0.1, 0.15) is 0 Å². The zero-order valence-corrected chi connectivity index (χ0v) is 9.07. The predicted molar refractivity (Wildman–Crippen MR) is 55.3 cm³/mol. The summed E-state index contributed by atoms with van der Waals surface area (Å²) in [5.74, 6) is -0.945. The van der Waals surface area contributed by atoms with Gasteiger partial charge in [0, 0.05) is 6.54 Å². The first-order valence-corrected chi connectivity index (χ1v) is 5.14. The van der Waals surface area contributed by atoms with Crippen molar-refractivity contribution in [1.29, 1.82) is 0 Å². The molecule has 0 saturated carbocycles. The van der Waals surface area contributed by atoms with Crippen LogP contribution < -0.4 is 0 Å². The van der Waals surface area contributed by atoms with E-state index in [1.807, 2.05) is 11.9 Å². The number of likely N-dealkylation sites (N-methyl/N-ethyl adjacent to an activating group) is 1. The maximum atomic E-state index is 10.3. The molecule has 14 heavy (non-hydrogen) atoms. The predicted octanol–water partition coefficient (Wildman–Crippen LogP) is 0.944. The Bertz CT molecular complexity index is 161. The van der Waals surface area contributed by atoms with Crippen molar-refractivity contribution in [3.8, 4) is 0 Å². The lowest BCUT2D eigenvalue weighted by molar-refractivity contribution is -0.139. The first-order chi connectivity index (χ1) is 6.56. The van der Waals surface area contributed by atoms with E-state index in [-0.39, 0.29) is 6.42 Å². The first kappa shape index (κ1) is 13.4. The Morgan fingerprint density at radius 3 is 2.57 bits per heavy atom. The Morgan fingerprint density at radius 1 is 1.43 bits per heavy atom. The van der Waals surface area contributed by atoms with Crippen LogP contribution in [0.1, 0.15) is 32.6 Å². The maximum absolute atomic E-state index is 10.3. The number of hydrogen-bond acceptors (Lipinski definition) is 3. The van der Waals surface area contributed by atoms with Crippen LogP contribution in [0.4, 0.5) is 0 Å². The Labute approximate surface area is 85.5 Å². The van der Waals surface area contributed by atoms with Gasteiger partial charge in [-0.05, 0) is 20.0 Å². The monoisotopic (exact) mass is 203 g/mol. The molecule has 0 aromatic heterocycles. The van der Waals surface area contributed by atoms with Gasteiger partial charge in [0.05, 0.1) is 12.5 Å². The molecule has 0 bridgehead atoms. The van der Waals surface area contributed by atoms with Gasteiger partial charge < -0.3 is 15.1 Å². The molecule has 0 spiro atoms. The number of rotatable bonds is 8. The van der Waals surface area contributed by atoms with Gasteiger partial charge >= 0.3 is 5.97 Å². The second-order valence-electron chi connectivity index (χ2n) is 3.72. The lowest BCUT2D eigenvalue weighted by Gasteiger charge is -2.19. The van der Waals surface area contributed by atoms with Crippen LogP contribution in [0.2, 0.25) is 0 Å². The number of nitrogens with zero attached hydrogens (tertiary/aromatic N) is 1. The number of carbonyl (C=O) groups is 1. The molecule has 0 radical (unpaired) electrons. The topological polar surface area (TPSA) is 60.8 Å². The number of carboxylic acids is 1. The summed E-state index contributed by atoms with van der Waals surface area (Å²) in [6.07, 6.45) is 2.54. The molecule has 0 fully saturated rings. The van der Waals surface area contributed by atoms with Crippen LogP contribution >= 0.6 is 0 Å². The smallest absolute Gasteiger partial charge is 0.306 e. The average molecular weight is 203 g/mol. The van der Waals surface area contributed by atoms with E-state index in [0.717, 1.165) is 13.0 Å². The molecule has 84 valence electrons. The van der Waals surface area contributed by atoms with Gasteiger partial charge in [-0.1, -0.05) is 19.8 Å². The molecule has 0 aromatic rings. The standard InChI is InChI=1S/C10H21NO3/c1-3-4-5-6-11(2)8-9(12)7-10(13)14/h9,12H,3-8H2,1-2H3,(H,13,14). The minimum absolute atomic E-state index is 0.169. The van der Waals surface area contributed by atoms with Gasteiger partial charge in [-0.25, -0.2) is 0 Å². The highest BCUT2D eigenvalue weighted by molar-refractivity contribution is 5.67. The van der Waals surface area contributed by atoms with Crippen LogP contribution in [0.5, 0.6) is 0 Å². The van der Waals surface area contributed by atoms with Crippen molar-refractivity contribution in [2.45, 2.75) is 38.7 Å². The molecule has 0 aliphatic heterocycles. The maximum Gasteiger partial charge on any atom is 0.306 e. The van der Waals surface area contributed by atoms with Crippen LogP contribution in [0.3, 0.4) is 0 Å². The highest BCUT2D eigenvalue weighted by Crippen LogP contribution is 1.99. The number of hydrogen-bond donors (Lipinski definition) is 2. The fraction of sp³-hybridized carbons (Fsp3) is 0.900. The molecule has 1 unspecified atom stereocenters. The van der Waals surface area contributed by atoms with E-state index in [1.54, 1.807) is 0 Å². The average Bonchev–Trinajstić information content (AvgIpc) is 2.02. The molecule has 0 amide bonds. The SMILES string of the molecule is CCCCCN(C)CC(O)CC(=O)O. The zero-order chi connectivity index (χ0) is 11.0. The highest BCUT2D eigenvalue weighted by Gasteiger charge is 2.11. The largest absolute Gasteiger partial charge is 0.481 e. The summed E-state index contributed by atoms with van der Waals surface area (Å²) in [6.45, 7) is 3.50. The molecule has 0 rings (SSSR count). The number of carboxylic acid groups (broad SMARTS) is 1. The molecule has 0 heterocycles. The number of unbranched alkanes of at least 4 members (excludes halogenated alkanes) is 2. The summed E-state index contributed by atoms with van der Waals surface area (Å²) in [5.41, 5.74) is 0. The molecule has 0 aliphatic rings. The van der Waals surface area contributed by atoms with E-state index in [9.17, 15) is 9.90 Å². The second kappa shape index (κ2) is 7.76. The lowest BCUT2D eigenvalue weighted by atomic mass is 10.2. The van der Waals surface area contributed by atoms with Crippen LogP contribution in [0.25, 0.3) is 0 Å². The quantitative estimate of drug-likeness (QED) is 0.576. The van der Waals surface area contributed by atoms with Crippen molar-refractivity contribution in [2.24, 2.45) is 0 Å². The van der Waals surface area contributed by atoms with Crippen LogP contribution in [-0.4, -0.2) is 47.3 Å². The fourth-order valence-electron chi connectivity index (χ4n) is 1.35. The summed E-state index contributed by atoms with van der Waals surface area (Å²) in [4.78, 5) is 12.2. The number of aliphatic hydroxyl groups is 1. The third-order valence-electron chi connectivity index (χ3n) is 2.08. The van der Waals surface area contributed by atoms with Crippen molar-refractivity contribution in [3.63, 3.8) is 0 Å². The van der Waals surface area contributed by atoms with Crippen molar-refractivity contribution >= 4 is 5.97 Å². The van der Waals surface area contributed by atoms with Crippen molar-refractivity contribution in [3.05, 3.63) is 0 Å². The van der Waals surface area contributed by atoms with Crippen molar-refractivity contribution in [2.75, 3.05) is 20.1 Å². The van der Waals surface area contributed by atoms with Crippen LogP contribution in [-0.2, 0) is 4.79 Å². The Balaban J connectivity index is 3.49. The molecule has 1 atom stereocenters. The summed E-state index contributed by atoms with van der Waals surface area (Å²) < 4.78 is 0. The molecular formula is C10H21NO3. The van der Waals surface area contributed by atoms with E-state index in [4.69, 9.17) is 5.11 Å². The minimum Gasteiger partial charge on any atom is -0.481 e. The number of aliphatic carboxylic acids is 1. The molecule has 4 heteroatoms. The van der Waals surface area contributed by atoms with Gasteiger partial charge in [-0.15, -0.1) is 0 Å². The van der Waals surface area contributed by atoms with Crippen LogP contribution in [0.15, 0.2) is 0 Å². The molecule has 0 saturated heterocycles. The van der Waals surface area contributed by atoms with E-state index < -0.39 is 12.1 Å². The lowest BCUT2D eigenvalue weighted by Crippen LogP contribution is -2.31. The summed E-state index contributed by atoms with van der Waals surface area (Å²) >= 11 is 0. The highest BCUT2D eigenvalue weighted by atomic mass is 16.4. The zero-order valence-electron chi connectivity index (χ0n) is 9.07. The van der Waals surface area contributed by atoms with E-state index >= 15 is 0 Å². The summed E-state index contributed by atoms with van der Waals surface area (Å²) in [7, 11) is 1.90. The van der Waals surface area contributed by atoms with E-state index in [0.29, 0.717) is 6.54 Å². The van der Waals surface area contributed by atoms with Crippen molar-refractivity contribution < 1.29 is 15.0 Å². The Kier molecular flexibility index (Phi) is 7.42. The van der Waals surface area contributed by atoms with Gasteiger partial charge in [-0.3, -0.25) is 4.79 Å². The third-order valence-corrected chi connectivity index (χ3v) is 2.08. The third kappa shape index (κ3) is 8.01. The number of aliphatic hydroxyl groups excluding tert-OH is 1. The van der Waals surface area contributed by atoms with Gasteiger partial charge in [0.25, 0.3) is 0 Å². The second-order valence-corrected chi connectivity index (χ2v) is 3.72.